The molecule has 0 aliphatic carbocycles. The van der Waals surface area contributed by atoms with E-state index in [2.05, 4.69) is 10.6 Å². The van der Waals surface area contributed by atoms with Gasteiger partial charge in [0.15, 0.2) is 6.10 Å². The fourth-order valence-corrected chi connectivity index (χ4v) is 3.24. The summed E-state index contributed by atoms with van der Waals surface area (Å²) in [6.45, 7) is 4.36. The maximum absolute atomic E-state index is 12.9. The number of hydrogen-bond acceptors (Lipinski definition) is 6. The molecule has 9 nitrogen and oxygen atoms in total. The Morgan fingerprint density at radius 3 is 2.67 bits per heavy atom. The van der Waals surface area contributed by atoms with Crippen molar-refractivity contribution in [3.8, 4) is 5.75 Å². The second kappa shape index (κ2) is 9.25. The minimum absolute atomic E-state index is 0.123. The summed E-state index contributed by atoms with van der Waals surface area (Å²) in [7, 11) is 0. The minimum Gasteiger partial charge on any atom is -0.477 e. The first kappa shape index (κ1) is 21.1. The lowest BCUT2D eigenvalue weighted by atomic mass is 10.1. The van der Waals surface area contributed by atoms with Gasteiger partial charge in [0.2, 0.25) is 5.91 Å². The van der Waals surface area contributed by atoms with Crippen LogP contribution in [-0.2, 0) is 9.59 Å². The SMILES string of the molecule is CCCNC(=O)[C@@H]1CN([C@@H](C)C(=O)Nc2ccccc2[N+](=O)[O-])c2ccccc2O1. The standard InChI is InChI=1S/C21H24N4O5/c1-3-12-22-21(27)19-13-24(17-10-6-7-11-18(17)30-19)14(2)20(26)23-15-8-4-5-9-16(15)25(28)29/h4-11,14,19H,3,12-13H2,1-2H3,(H,22,27)(H,23,26)/t14-,19-/m0/s1. The van der Waals surface area contributed by atoms with Crippen molar-refractivity contribution < 1.29 is 19.2 Å². The van der Waals surface area contributed by atoms with E-state index in [0.29, 0.717) is 18.0 Å². The molecule has 0 saturated heterocycles. The summed E-state index contributed by atoms with van der Waals surface area (Å²) >= 11 is 0. The van der Waals surface area contributed by atoms with Crippen LogP contribution in [0.1, 0.15) is 20.3 Å². The summed E-state index contributed by atoms with van der Waals surface area (Å²) in [6, 6.07) is 12.4. The Kier molecular flexibility index (Phi) is 6.51. The van der Waals surface area contributed by atoms with Gasteiger partial charge >= 0.3 is 0 Å². The predicted octanol–water partition coefficient (Wildman–Crippen LogP) is 2.72. The molecule has 1 aliphatic heterocycles. The van der Waals surface area contributed by atoms with Crippen LogP contribution in [0.15, 0.2) is 48.5 Å². The van der Waals surface area contributed by atoms with Crippen molar-refractivity contribution >= 4 is 28.9 Å². The molecule has 2 aromatic rings. The maximum atomic E-state index is 12.9. The molecule has 1 heterocycles. The highest BCUT2D eigenvalue weighted by Gasteiger charge is 2.35. The molecule has 2 aromatic carbocycles. The number of benzene rings is 2. The molecule has 0 unspecified atom stereocenters. The van der Waals surface area contributed by atoms with Gasteiger partial charge in [-0.3, -0.25) is 19.7 Å². The predicted molar refractivity (Wildman–Crippen MR) is 113 cm³/mol. The Labute approximate surface area is 174 Å². The molecule has 1 aliphatic rings. The molecule has 3 rings (SSSR count). The van der Waals surface area contributed by atoms with Crippen molar-refractivity contribution in [2.45, 2.75) is 32.4 Å². The molecule has 158 valence electrons. The number of nitrogens with one attached hydrogen (secondary N) is 2. The van der Waals surface area contributed by atoms with Crippen LogP contribution in [0.3, 0.4) is 0 Å². The van der Waals surface area contributed by atoms with E-state index >= 15 is 0 Å². The van der Waals surface area contributed by atoms with Crippen molar-refractivity contribution in [3.63, 3.8) is 0 Å². The monoisotopic (exact) mass is 412 g/mol. The number of rotatable bonds is 7. The summed E-state index contributed by atoms with van der Waals surface area (Å²) in [4.78, 5) is 37.9. The van der Waals surface area contributed by atoms with Crippen molar-refractivity contribution in [1.82, 2.24) is 5.32 Å². The van der Waals surface area contributed by atoms with Crippen LogP contribution >= 0.6 is 0 Å². The summed E-state index contributed by atoms with van der Waals surface area (Å²) in [5.41, 5.74) is 0.623. The number of nitro groups is 1. The van der Waals surface area contributed by atoms with Crippen LogP contribution in [0.25, 0.3) is 0 Å². The lowest BCUT2D eigenvalue weighted by Gasteiger charge is -2.38. The average Bonchev–Trinajstić information content (AvgIpc) is 2.76. The Morgan fingerprint density at radius 2 is 1.93 bits per heavy atom. The van der Waals surface area contributed by atoms with Crippen LogP contribution < -0.4 is 20.3 Å². The van der Waals surface area contributed by atoms with Crippen molar-refractivity contribution in [2.24, 2.45) is 0 Å². The highest BCUT2D eigenvalue weighted by Crippen LogP contribution is 2.35. The van der Waals surface area contributed by atoms with Crippen molar-refractivity contribution in [1.29, 1.82) is 0 Å². The van der Waals surface area contributed by atoms with Crippen LogP contribution in [0.2, 0.25) is 0 Å². The second-order valence-corrected chi connectivity index (χ2v) is 6.96. The molecular formula is C21H24N4O5. The van der Waals surface area contributed by atoms with Gasteiger partial charge in [-0.15, -0.1) is 0 Å². The number of nitro benzene ring substituents is 1. The molecule has 2 amide bonds. The molecule has 2 atom stereocenters. The number of anilines is 2. The smallest absolute Gasteiger partial charge is 0.292 e. The van der Waals surface area contributed by atoms with Crippen LogP contribution in [0.5, 0.6) is 5.75 Å². The van der Waals surface area contributed by atoms with Gasteiger partial charge in [0.25, 0.3) is 11.6 Å². The topological polar surface area (TPSA) is 114 Å². The Morgan fingerprint density at radius 1 is 1.23 bits per heavy atom. The zero-order valence-corrected chi connectivity index (χ0v) is 16.8. The number of nitrogens with zero attached hydrogens (tertiary/aromatic N) is 2. The molecular weight excluding hydrogens is 388 g/mol. The number of amides is 2. The van der Waals surface area contributed by atoms with E-state index in [-0.39, 0.29) is 23.8 Å². The molecule has 0 saturated carbocycles. The highest BCUT2D eigenvalue weighted by molar-refractivity contribution is 5.99. The highest BCUT2D eigenvalue weighted by atomic mass is 16.6. The molecule has 2 N–H and O–H groups in total. The number of carbonyl (C=O) groups is 2. The number of para-hydroxylation sites is 4. The quantitative estimate of drug-likeness (QED) is 0.534. The van der Waals surface area contributed by atoms with Crippen LogP contribution in [0.4, 0.5) is 17.1 Å². The van der Waals surface area contributed by atoms with Gasteiger partial charge in [-0.2, -0.15) is 0 Å². The summed E-state index contributed by atoms with van der Waals surface area (Å²) in [6.07, 6.45) is 0.0284. The minimum atomic E-state index is -0.771. The first-order valence-corrected chi connectivity index (χ1v) is 9.76. The van der Waals surface area contributed by atoms with Gasteiger partial charge in [0, 0.05) is 12.6 Å². The number of hydrogen-bond donors (Lipinski definition) is 2. The summed E-state index contributed by atoms with van der Waals surface area (Å²) < 4.78 is 5.85. The molecule has 0 bridgehead atoms. The fraction of sp³-hybridized carbons (Fsp3) is 0.333. The van der Waals surface area contributed by atoms with Crippen LogP contribution in [-0.4, -0.2) is 42.0 Å². The van der Waals surface area contributed by atoms with Gasteiger partial charge in [-0.1, -0.05) is 31.2 Å². The first-order chi connectivity index (χ1) is 14.4. The van der Waals surface area contributed by atoms with Gasteiger partial charge < -0.3 is 20.3 Å². The van der Waals surface area contributed by atoms with E-state index in [0.717, 1.165) is 6.42 Å². The average molecular weight is 412 g/mol. The third-order valence-corrected chi connectivity index (χ3v) is 4.85. The molecule has 0 radical (unpaired) electrons. The van der Waals surface area contributed by atoms with Crippen molar-refractivity contribution in [2.75, 3.05) is 23.3 Å². The number of fused-ring (bicyclic) bond motifs is 1. The van der Waals surface area contributed by atoms with Gasteiger partial charge in [0.05, 0.1) is 17.2 Å². The second-order valence-electron chi connectivity index (χ2n) is 6.96. The Hall–Kier alpha value is -3.62. The summed E-state index contributed by atoms with van der Waals surface area (Å²) in [5.74, 6) is -0.165. The maximum Gasteiger partial charge on any atom is 0.292 e. The van der Waals surface area contributed by atoms with Gasteiger partial charge in [-0.05, 0) is 31.5 Å². The third kappa shape index (κ3) is 4.51. The van der Waals surface area contributed by atoms with E-state index < -0.39 is 23.0 Å². The Balaban J connectivity index is 1.83. The van der Waals surface area contributed by atoms with Crippen molar-refractivity contribution in [3.05, 3.63) is 58.6 Å². The Bertz CT molecular complexity index is 948. The van der Waals surface area contributed by atoms with Gasteiger partial charge in [0.1, 0.15) is 17.5 Å². The molecule has 0 spiro atoms. The molecule has 9 heteroatoms. The zero-order valence-electron chi connectivity index (χ0n) is 16.8. The lowest BCUT2D eigenvalue weighted by molar-refractivity contribution is -0.383. The van der Waals surface area contributed by atoms with E-state index in [9.17, 15) is 19.7 Å². The van der Waals surface area contributed by atoms with E-state index in [1.165, 1.54) is 18.2 Å². The molecule has 0 fully saturated rings. The number of ether oxygens (including phenoxy) is 1. The largest absolute Gasteiger partial charge is 0.477 e. The lowest BCUT2D eigenvalue weighted by Crippen LogP contribution is -2.54. The first-order valence-electron chi connectivity index (χ1n) is 9.76. The van der Waals surface area contributed by atoms with E-state index in [4.69, 9.17) is 4.74 Å². The van der Waals surface area contributed by atoms with Gasteiger partial charge in [-0.25, -0.2) is 0 Å². The molecule has 0 aromatic heterocycles. The molecule has 30 heavy (non-hydrogen) atoms. The number of carbonyl (C=O) groups excluding carboxylic acids is 2. The zero-order chi connectivity index (χ0) is 21.7. The normalized spacial score (nSPS) is 16.1. The van der Waals surface area contributed by atoms with E-state index in [1.807, 2.05) is 19.1 Å². The van der Waals surface area contributed by atoms with E-state index in [1.54, 1.807) is 30.0 Å². The fourth-order valence-electron chi connectivity index (χ4n) is 3.24. The third-order valence-electron chi connectivity index (χ3n) is 4.85. The van der Waals surface area contributed by atoms with Crippen LogP contribution in [0, 0.1) is 10.1 Å². The summed E-state index contributed by atoms with van der Waals surface area (Å²) in [5, 5.41) is 16.7.